The Morgan fingerprint density at radius 2 is 2.09 bits per heavy atom. The molecule has 0 aliphatic carbocycles. The molecule has 0 saturated carbocycles. The minimum absolute atomic E-state index is 0.122. The highest BCUT2D eigenvalue weighted by atomic mass is 32.1. The second-order valence-electron chi connectivity index (χ2n) is 9.27. The molecule has 0 radical (unpaired) electrons. The average molecular weight is 450 g/mol. The predicted molar refractivity (Wildman–Crippen MR) is 133 cm³/mol. The van der Waals surface area contributed by atoms with E-state index in [1.54, 1.807) is 0 Å². The molecule has 1 unspecified atom stereocenters. The Bertz CT molecular complexity index is 1120. The molecule has 1 spiro atoms. The number of nitrogens with one attached hydrogen (secondary N) is 2. The number of nitrogens with zero attached hydrogens (tertiary/aromatic N) is 2. The quantitative estimate of drug-likeness (QED) is 0.553. The van der Waals surface area contributed by atoms with Gasteiger partial charge in [0.2, 0.25) is 0 Å². The molecule has 7 heteroatoms. The number of fused-ring (bicyclic) bond motifs is 1. The monoisotopic (exact) mass is 449 g/mol. The van der Waals surface area contributed by atoms with Gasteiger partial charge in [0.25, 0.3) is 5.91 Å². The number of hydrogen-bond acceptors (Lipinski definition) is 6. The number of carbonyl (C=O) groups is 1. The first-order valence-electron chi connectivity index (χ1n) is 11.5. The van der Waals surface area contributed by atoms with Crippen LogP contribution < -0.4 is 21.3 Å². The van der Waals surface area contributed by atoms with Crippen molar-refractivity contribution in [3.05, 3.63) is 52.5 Å². The number of pyridine rings is 1. The highest BCUT2D eigenvalue weighted by molar-refractivity contribution is 7.21. The molecule has 1 atom stereocenters. The van der Waals surface area contributed by atoms with Crippen molar-refractivity contribution in [2.24, 2.45) is 5.41 Å². The summed E-state index contributed by atoms with van der Waals surface area (Å²) in [4.78, 5) is 21.0. The van der Waals surface area contributed by atoms with Crippen LogP contribution in [0.5, 0.6) is 0 Å². The normalized spacial score (nSPS) is 20.8. The summed E-state index contributed by atoms with van der Waals surface area (Å²) in [6, 6.07) is 12.7. The summed E-state index contributed by atoms with van der Waals surface area (Å²) in [5.41, 5.74) is 10.6. The number of aryl methyl sites for hydroxylation is 1. The first-order chi connectivity index (χ1) is 15.5. The summed E-state index contributed by atoms with van der Waals surface area (Å²) < 4.78 is 0. The maximum atomic E-state index is 12.7. The smallest absolute Gasteiger partial charge is 0.263 e. The number of thiophene rings is 1. The Kier molecular flexibility index (Phi) is 5.78. The Morgan fingerprint density at radius 3 is 2.88 bits per heavy atom. The molecule has 2 aliphatic heterocycles. The van der Waals surface area contributed by atoms with E-state index in [-0.39, 0.29) is 5.91 Å². The lowest BCUT2D eigenvalue weighted by Crippen LogP contribution is -2.41. The maximum absolute atomic E-state index is 12.7. The molecular weight excluding hydrogens is 418 g/mol. The van der Waals surface area contributed by atoms with Crippen molar-refractivity contribution in [3.63, 3.8) is 0 Å². The van der Waals surface area contributed by atoms with Crippen LogP contribution in [0.25, 0.3) is 10.2 Å². The second-order valence-corrected chi connectivity index (χ2v) is 10.3. The van der Waals surface area contributed by atoms with Gasteiger partial charge in [0.05, 0.1) is 5.69 Å². The molecule has 4 heterocycles. The Hall–Kier alpha value is -2.64. The van der Waals surface area contributed by atoms with Gasteiger partial charge in [0, 0.05) is 48.4 Å². The predicted octanol–water partition coefficient (Wildman–Crippen LogP) is 3.74. The van der Waals surface area contributed by atoms with E-state index in [0.29, 0.717) is 22.5 Å². The van der Waals surface area contributed by atoms with Crippen LogP contribution in [0.1, 0.15) is 40.2 Å². The van der Waals surface area contributed by atoms with Gasteiger partial charge in [-0.1, -0.05) is 12.1 Å². The van der Waals surface area contributed by atoms with E-state index in [0.717, 1.165) is 42.0 Å². The summed E-state index contributed by atoms with van der Waals surface area (Å²) in [7, 11) is 0. The zero-order valence-corrected chi connectivity index (χ0v) is 19.4. The van der Waals surface area contributed by atoms with Crippen LogP contribution in [0.2, 0.25) is 0 Å². The lowest BCUT2D eigenvalue weighted by Gasteiger charge is -2.34. The van der Waals surface area contributed by atoms with E-state index in [1.165, 1.54) is 48.4 Å². The molecule has 4 N–H and O–H groups in total. The van der Waals surface area contributed by atoms with Gasteiger partial charge < -0.3 is 21.3 Å². The van der Waals surface area contributed by atoms with Crippen LogP contribution in [0, 0.1) is 12.3 Å². The van der Waals surface area contributed by atoms with Crippen LogP contribution in [-0.4, -0.2) is 43.6 Å². The first-order valence-corrected chi connectivity index (χ1v) is 12.3. The van der Waals surface area contributed by atoms with Crippen LogP contribution in [-0.2, 0) is 6.42 Å². The topological polar surface area (TPSA) is 83.3 Å². The fraction of sp³-hybridized carbons (Fsp3) is 0.440. The van der Waals surface area contributed by atoms with Crippen LogP contribution in [0.4, 0.5) is 11.4 Å². The van der Waals surface area contributed by atoms with Crippen molar-refractivity contribution < 1.29 is 4.79 Å². The summed E-state index contributed by atoms with van der Waals surface area (Å²) in [5.74, 6) is -0.122. The number of amides is 1. The zero-order chi connectivity index (χ0) is 22.1. The Labute approximate surface area is 193 Å². The van der Waals surface area contributed by atoms with Crippen molar-refractivity contribution >= 4 is 38.8 Å². The van der Waals surface area contributed by atoms with E-state index in [2.05, 4.69) is 44.8 Å². The molecule has 1 aromatic carbocycles. The molecule has 32 heavy (non-hydrogen) atoms. The third-order valence-corrected chi connectivity index (χ3v) is 8.05. The summed E-state index contributed by atoms with van der Waals surface area (Å²) in [5, 5.41) is 7.46. The van der Waals surface area contributed by atoms with E-state index in [1.807, 2.05) is 19.1 Å². The summed E-state index contributed by atoms with van der Waals surface area (Å²) in [6.07, 6.45) is 4.71. The summed E-state index contributed by atoms with van der Waals surface area (Å²) in [6.45, 7) is 7.13. The van der Waals surface area contributed by atoms with Gasteiger partial charge in [-0.2, -0.15) is 0 Å². The van der Waals surface area contributed by atoms with E-state index < -0.39 is 0 Å². The van der Waals surface area contributed by atoms with Gasteiger partial charge in [0.1, 0.15) is 9.71 Å². The minimum atomic E-state index is -0.122. The van der Waals surface area contributed by atoms with E-state index in [4.69, 9.17) is 5.73 Å². The molecule has 2 aliphatic rings. The van der Waals surface area contributed by atoms with Gasteiger partial charge >= 0.3 is 0 Å². The lowest BCUT2D eigenvalue weighted by atomic mass is 9.80. The number of nitrogen functional groups attached to an aromatic ring is 1. The van der Waals surface area contributed by atoms with Crippen LogP contribution >= 0.6 is 11.3 Å². The number of nitrogens with two attached hydrogens (primary N) is 1. The fourth-order valence-electron chi connectivity index (χ4n) is 5.07. The molecule has 2 fully saturated rings. The zero-order valence-electron chi connectivity index (χ0n) is 18.6. The second kappa shape index (κ2) is 8.71. The van der Waals surface area contributed by atoms with E-state index >= 15 is 0 Å². The van der Waals surface area contributed by atoms with Gasteiger partial charge in [-0.25, -0.2) is 4.98 Å². The van der Waals surface area contributed by atoms with Crippen molar-refractivity contribution in [2.45, 2.75) is 32.6 Å². The number of aromatic nitrogens is 1. The van der Waals surface area contributed by atoms with Gasteiger partial charge in [-0.15, -0.1) is 11.3 Å². The van der Waals surface area contributed by atoms with Gasteiger partial charge in [-0.05, 0) is 69.0 Å². The molecule has 1 amide bonds. The number of carbonyl (C=O) groups excluding carboxylic acids is 1. The number of piperidine rings is 1. The minimum Gasteiger partial charge on any atom is -0.397 e. The van der Waals surface area contributed by atoms with Crippen molar-refractivity contribution in [2.75, 3.05) is 43.4 Å². The Morgan fingerprint density at radius 1 is 1.25 bits per heavy atom. The molecular formula is C25H31N5OS. The lowest BCUT2D eigenvalue weighted by molar-refractivity contribution is 0.0959. The fourth-order valence-corrected chi connectivity index (χ4v) is 6.12. The van der Waals surface area contributed by atoms with E-state index in [9.17, 15) is 4.79 Å². The molecule has 168 valence electrons. The standard InChI is InChI=1S/C25H31N5OS/c1-17-3-8-20-21(26)22(32-24(20)29-17)23(31)28-13-9-18-4-6-19(7-5-18)30-14-11-25(16-30)10-2-12-27-15-25/h3-8,27H,2,9-16,26H2,1H3,(H,28,31). The number of anilines is 2. The number of benzene rings is 1. The first kappa shape index (κ1) is 21.2. The molecule has 2 saturated heterocycles. The molecule has 5 rings (SSSR count). The third-order valence-electron chi connectivity index (χ3n) is 6.94. The van der Waals surface area contributed by atoms with Crippen LogP contribution in [0.3, 0.4) is 0 Å². The van der Waals surface area contributed by atoms with Crippen molar-refractivity contribution in [1.82, 2.24) is 15.6 Å². The number of hydrogen-bond donors (Lipinski definition) is 3. The average Bonchev–Trinajstić information content (AvgIpc) is 3.35. The summed E-state index contributed by atoms with van der Waals surface area (Å²) >= 11 is 1.36. The van der Waals surface area contributed by atoms with Crippen molar-refractivity contribution in [3.8, 4) is 0 Å². The molecule has 0 bridgehead atoms. The largest absolute Gasteiger partial charge is 0.397 e. The SMILES string of the molecule is Cc1ccc2c(N)c(C(=O)NCCc3ccc(N4CCC5(CCCNC5)C4)cc3)sc2n1. The van der Waals surface area contributed by atoms with Gasteiger partial charge in [0.15, 0.2) is 0 Å². The third kappa shape index (κ3) is 4.19. The molecule has 3 aromatic rings. The van der Waals surface area contributed by atoms with Gasteiger partial charge in [-0.3, -0.25) is 4.79 Å². The van der Waals surface area contributed by atoms with Crippen molar-refractivity contribution in [1.29, 1.82) is 0 Å². The highest BCUT2D eigenvalue weighted by Crippen LogP contribution is 2.38. The van der Waals surface area contributed by atoms with Crippen LogP contribution in [0.15, 0.2) is 36.4 Å². The number of rotatable bonds is 5. The Balaban J connectivity index is 1.16. The molecule has 6 nitrogen and oxygen atoms in total. The molecule has 2 aromatic heterocycles. The highest BCUT2D eigenvalue weighted by Gasteiger charge is 2.38. The maximum Gasteiger partial charge on any atom is 0.263 e.